The number of hydrogen-bond acceptors (Lipinski definition) is 6. The van der Waals surface area contributed by atoms with Crippen molar-refractivity contribution in [1.29, 1.82) is 0 Å². The average Bonchev–Trinajstić information content (AvgIpc) is 2.56. The standard InChI is InChI=1S/C16H20N4O2/c1-12-8-15(20(2)10-14-11-21-6-7-22-14)19-16(18-12)13-4-3-5-17-9-13/h3-5,8-9,14H,6-7,10-11H2,1-2H3/t14-/m0/s1. The number of rotatable bonds is 4. The first-order valence-corrected chi connectivity index (χ1v) is 7.39. The summed E-state index contributed by atoms with van der Waals surface area (Å²) in [5, 5.41) is 0. The Morgan fingerprint density at radius 3 is 2.95 bits per heavy atom. The van der Waals surface area contributed by atoms with Gasteiger partial charge in [-0.15, -0.1) is 0 Å². The van der Waals surface area contributed by atoms with E-state index in [-0.39, 0.29) is 6.10 Å². The van der Waals surface area contributed by atoms with Crippen LogP contribution in [0, 0.1) is 6.92 Å². The lowest BCUT2D eigenvalue weighted by molar-refractivity contribution is -0.0837. The second kappa shape index (κ2) is 6.81. The van der Waals surface area contributed by atoms with Gasteiger partial charge < -0.3 is 14.4 Å². The number of nitrogens with zero attached hydrogens (tertiary/aromatic N) is 4. The zero-order valence-electron chi connectivity index (χ0n) is 12.9. The van der Waals surface area contributed by atoms with Crippen LogP contribution in [0.1, 0.15) is 5.69 Å². The van der Waals surface area contributed by atoms with E-state index in [4.69, 9.17) is 9.47 Å². The molecule has 1 saturated heterocycles. The lowest BCUT2D eigenvalue weighted by Gasteiger charge is -2.28. The Morgan fingerprint density at radius 1 is 1.32 bits per heavy atom. The Kier molecular flexibility index (Phi) is 4.60. The molecule has 0 saturated carbocycles. The molecule has 0 amide bonds. The summed E-state index contributed by atoms with van der Waals surface area (Å²) in [6.45, 7) is 4.67. The van der Waals surface area contributed by atoms with Gasteiger partial charge in [0.05, 0.1) is 25.9 Å². The van der Waals surface area contributed by atoms with E-state index in [0.29, 0.717) is 25.6 Å². The van der Waals surface area contributed by atoms with E-state index < -0.39 is 0 Å². The zero-order valence-corrected chi connectivity index (χ0v) is 12.9. The van der Waals surface area contributed by atoms with Crippen LogP contribution in [-0.2, 0) is 9.47 Å². The number of likely N-dealkylation sites (N-methyl/N-ethyl adjacent to an activating group) is 1. The SMILES string of the molecule is Cc1cc(N(C)C[C@H]2COCCO2)nc(-c2cccnc2)n1. The Morgan fingerprint density at radius 2 is 2.23 bits per heavy atom. The van der Waals surface area contributed by atoms with Crippen LogP contribution in [-0.4, -0.2) is 54.5 Å². The molecular formula is C16H20N4O2. The van der Waals surface area contributed by atoms with Crippen LogP contribution in [0.4, 0.5) is 5.82 Å². The minimum absolute atomic E-state index is 0.0795. The monoisotopic (exact) mass is 300 g/mol. The van der Waals surface area contributed by atoms with Crippen molar-refractivity contribution in [2.45, 2.75) is 13.0 Å². The lowest BCUT2D eigenvalue weighted by atomic mass is 10.2. The largest absolute Gasteiger partial charge is 0.376 e. The van der Waals surface area contributed by atoms with E-state index in [9.17, 15) is 0 Å². The van der Waals surface area contributed by atoms with Crippen LogP contribution < -0.4 is 4.90 Å². The van der Waals surface area contributed by atoms with Gasteiger partial charge in [-0.1, -0.05) is 0 Å². The van der Waals surface area contributed by atoms with E-state index in [1.807, 2.05) is 32.2 Å². The zero-order chi connectivity index (χ0) is 15.4. The molecule has 22 heavy (non-hydrogen) atoms. The van der Waals surface area contributed by atoms with Crippen LogP contribution in [0.25, 0.3) is 11.4 Å². The fourth-order valence-electron chi connectivity index (χ4n) is 2.41. The van der Waals surface area contributed by atoms with Crippen molar-refractivity contribution < 1.29 is 9.47 Å². The van der Waals surface area contributed by atoms with Crippen LogP contribution in [0.3, 0.4) is 0 Å². The summed E-state index contributed by atoms with van der Waals surface area (Å²) in [5.41, 5.74) is 1.84. The molecule has 1 atom stereocenters. The smallest absolute Gasteiger partial charge is 0.163 e. The first-order valence-electron chi connectivity index (χ1n) is 7.39. The van der Waals surface area contributed by atoms with Crippen molar-refractivity contribution in [3.05, 3.63) is 36.3 Å². The van der Waals surface area contributed by atoms with E-state index in [1.165, 1.54) is 0 Å². The van der Waals surface area contributed by atoms with E-state index in [0.717, 1.165) is 23.6 Å². The molecule has 2 aromatic heterocycles. The number of ether oxygens (including phenoxy) is 2. The highest BCUT2D eigenvalue weighted by Crippen LogP contribution is 2.19. The second-order valence-corrected chi connectivity index (χ2v) is 5.38. The maximum Gasteiger partial charge on any atom is 0.163 e. The van der Waals surface area contributed by atoms with Gasteiger partial charge in [0.2, 0.25) is 0 Å². The Bertz CT molecular complexity index is 615. The molecule has 0 unspecified atom stereocenters. The third-order valence-electron chi connectivity index (χ3n) is 3.51. The van der Waals surface area contributed by atoms with Crippen molar-refractivity contribution in [3.8, 4) is 11.4 Å². The Hall–Kier alpha value is -2.05. The topological polar surface area (TPSA) is 60.4 Å². The quantitative estimate of drug-likeness (QED) is 0.856. The first kappa shape index (κ1) is 14.9. The van der Waals surface area contributed by atoms with Gasteiger partial charge in [-0.2, -0.15) is 0 Å². The molecule has 0 radical (unpaired) electrons. The molecule has 1 fully saturated rings. The molecule has 2 aromatic rings. The minimum atomic E-state index is 0.0795. The third-order valence-corrected chi connectivity index (χ3v) is 3.51. The first-order chi connectivity index (χ1) is 10.7. The molecule has 0 bridgehead atoms. The summed E-state index contributed by atoms with van der Waals surface area (Å²) < 4.78 is 11.1. The van der Waals surface area contributed by atoms with Crippen molar-refractivity contribution in [2.24, 2.45) is 0 Å². The molecule has 0 spiro atoms. The Balaban J connectivity index is 1.79. The summed E-state index contributed by atoms with van der Waals surface area (Å²) in [7, 11) is 2.01. The maximum absolute atomic E-state index is 5.70. The normalized spacial score (nSPS) is 18.2. The molecule has 3 heterocycles. The molecule has 116 valence electrons. The molecule has 6 heteroatoms. The van der Waals surface area contributed by atoms with E-state index in [2.05, 4.69) is 19.9 Å². The Labute approximate surface area is 130 Å². The summed E-state index contributed by atoms with van der Waals surface area (Å²) in [5.74, 6) is 1.57. The predicted octanol–water partition coefficient (Wildman–Crippen LogP) is 1.70. The number of aromatic nitrogens is 3. The number of anilines is 1. The van der Waals surface area contributed by atoms with Gasteiger partial charge in [0.1, 0.15) is 5.82 Å². The third kappa shape index (κ3) is 3.58. The average molecular weight is 300 g/mol. The van der Waals surface area contributed by atoms with Crippen LogP contribution in [0.15, 0.2) is 30.6 Å². The van der Waals surface area contributed by atoms with Crippen LogP contribution in [0.5, 0.6) is 0 Å². The second-order valence-electron chi connectivity index (χ2n) is 5.38. The van der Waals surface area contributed by atoms with Gasteiger partial charge >= 0.3 is 0 Å². The predicted molar refractivity (Wildman–Crippen MR) is 83.8 cm³/mol. The molecule has 3 rings (SSSR count). The van der Waals surface area contributed by atoms with Crippen molar-refractivity contribution in [2.75, 3.05) is 38.3 Å². The molecule has 6 nitrogen and oxygen atoms in total. The lowest BCUT2D eigenvalue weighted by Crippen LogP contribution is -2.38. The maximum atomic E-state index is 5.70. The van der Waals surface area contributed by atoms with Crippen LogP contribution >= 0.6 is 0 Å². The van der Waals surface area contributed by atoms with E-state index in [1.54, 1.807) is 12.4 Å². The fourth-order valence-corrected chi connectivity index (χ4v) is 2.41. The number of pyridine rings is 1. The minimum Gasteiger partial charge on any atom is -0.376 e. The highest BCUT2D eigenvalue weighted by Gasteiger charge is 2.18. The summed E-state index contributed by atoms with van der Waals surface area (Å²) in [6, 6.07) is 5.82. The molecule has 0 aromatic carbocycles. The number of aryl methyl sites for hydroxylation is 1. The molecule has 0 N–H and O–H groups in total. The highest BCUT2D eigenvalue weighted by molar-refractivity contribution is 5.56. The van der Waals surface area contributed by atoms with Crippen molar-refractivity contribution in [3.63, 3.8) is 0 Å². The van der Waals surface area contributed by atoms with Crippen molar-refractivity contribution >= 4 is 5.82 Å². The van der Waals surface area contributed by atoms with Gasteiger partial charge in [-0.3, -0.25) is 4.98 Å². The highest BCUT2D eigenvalue weighted by atomic mass is 16.6. The number of hydrogen-bond donors (Lipinski definition) is 0. The summed E-state index contributed by atoms with van der Waals surface area (Å²) in [6.07, 6.45) is 3.60. The van der Waals surface area contributed by atoms with Gasteiger partial charge in [0, 0.05) is 43.3 Å². The molecule has 1 aliphatic rings. The molecule has 1 aliphatic heterocycles. The molecular weight excluding hydrogens is 280 g/mol. The van der Waals surface area contributed by atoms with Gasteiger partial charge in [0.15, 0.2) is 5.82 Å². The molecule has 0 aliphatic carbocycles. The van der Waals surface area contributed by atoms with Crippen molar-refractivity contribution in [1.82, 2.24) is 15.0 Å². The van der Waals surface area contributed by atoms with Crippen LogP contribution in [0.2, 0.25) is 0 Å². The summed E-state index contributed by atoms with van der Waals surface area (Å²) in [4.78, 5) is 15.4. The van der Waals surface area contributed by atoms with Gasteiger partial charge in [0.25, 0.3) is 0 Å². The van der Waals surface area contributed by atoms with E-state index >= 15 is 0 Å². The van der Waals surface area contributed by atoms with Gasteiger partial charge in [-0.25, -0.2) is 9.97 Å². The fraction of sp³-hybridized carbons (Fsp3) is 0.438. The summed E-state index contributed by atoms with van der Waals surface area (Å²) >= 11 is 0. The van der Waals surface area contributed by atoms with Gasteiger partial charge in [-0.05, 0) is 19.1 Å².